The van der Waals surface area contributed by atoms with E-state index in [4.69, 9.17) is 0 Å². The normalized spacial score (nSPS) is 15.4. The van der Waals surface area contributed by atoms with Crippen LogP contribution in [0.2, 0.25) is 0 Å². The molecule has 0 saturated carbocycles. The second-order valence-corrected chi connectivity index (χ2v) is 4.14. The Morgan fingerprint density at radius 3 is 2.21 bits per heavy atom. The van der Waals surface area contributed by atoms with Crippen LogP contribution < -0.4 is 10.6 Å². The number of carbonyl (C=O) groups is 2. The topological polar surface area (TPSA) is 58.2 Å². The SMILES string of the molecule is O=C1NC(=S)NC(=O)C1=C/C=C/c1ccc(F)cc1. The highest BCUT2D eigenvalue weighted by Gasteiger charge is 2.24. The number of nitrogens with one attached hydrogen (secondary N) is 2. The Hall–Kier alpha value is -2.34. The lowest BCUT2D eigenvalue weighted by molar-refractivity contribution is -0.123. The zero-order chi connectivity index (χ0) is 13.8. The molecule has 1 aromatic rings. The highest BCUT2D eigenvalue weighted by Crippen LogP contribution is 2.06. The van der Waals surface area contributed by atoms with Gasteiger partial charge in [-0.05, 0) is 36.0 Å². The molecule has 1 heterocycles. The minimum absolute atomic E-state index is 0.00494. The van der Waals surface area contributed by atoms with Crippen LogP contribution in [0, 0.1) is 5.82 Å². The minimum atomic E-state index is -0.544. The molecule has 2 amide bonds. The molecule has 0 spiro atoms. The van der Waals surface area contributed by atoms with E-state index in [-0.39, 0.29) is 16.5 Å². The maximum atomic E-state index is 12.7. The van der Waals surface area contributed by atoms with Crippen molar-refractivity contribution < 1.29 is 14.0 Å². The van der Waals surface area contributed by atoms with Gasteiger partial charge >= 0.3 is 0 Å². The average Bonchev–Trinajstić information content (AvgIpc) is 2.34. The van der Waals surface area contributed by atoms with E-state index in [1.807, 2.05) is 0 Å². The Labute approximate surface area is 114 Å². The standard InChI is InChI=1S/C13H9FN2O2S/c14-9-6-4-8(5-7-9)2-1-3-10-11(17)15-13(19)16-12(10)18/h1-7H,(H2,15,16,17,18,19)/b2-1+. The Morgan fingerprint density at radius 1 is 1.05 bits per heavy atom. The molecule has 0 unspecified atom stereocenters. The summed E-state index contributed by atoms with van der Waals surface area (Å²) in [5, 5.41) is 4.64. The van der Waals surface area contributed by atoms with Crippen LogP contribution in [0.1, 0.15) is 5.56 Å². The summed E-state index contributed by atoms with van der Waals surface area (Å²) in [5.74, 6) is -1.41. The van der Waals surface area contributed by atoms with Crippen LogP contribution in [-0.2, 0) is 9.59 Å². The largest absolute Gasteiger partial charge is 0.299 e. The molecule has 19 heavy (non-hydrogen) atoms. The first-order valence-corrected chi connectivity index (χ1v) is 5.77. The molecule has 1 aromatic carbocycles. The maximum absolute atomic E-state index is 12.7. The molecule has 0 radical (unpaired) electrons. The van der Waals surface area contributed by atoms with E-state index in [2.05, 4.69) is 22.9 Å². The zero-order valence-electron chi connectivity index (χ0n) is 9.64. The predicted molar refractivity (Wildman–Crippen MR) is 72.4 cm³/mol. The molecule has 4 nitrogen and oxygen atoms in total. The van der Waals surface area contributed by atoms with Crippen LogP contribution in [0.3, 0.4) is 0 Å². The van der Waals surface area contributed by atoms with Gasteiger partial charge in [0.25, 0.3) is 11.8 Å². The summed E-state index contributed by atoms with van der Waals surface area (Å²) >= 11 is 4.67. The number of rotatable bonds is 2. The maximum Gasteiger partial charge on any atom is 0.263 e. The fraction of sp³-hybridized carbons (Fsp3) is 0. The zero-order valence-corrected chi connectivity index (χ0v) is 10.5. The number of benzene rings is 1. The molecule has 6 heteroatoms. The van der Waals surface area contributed by atoms with Gasteiger partial charge in [0.05, 0.1) is 0 Å². The van der Waals surface area contributed by atoms with E-state index in [1.54, 1.807) is 18.2 Å². The molecule has 1 saturated heterocycles. The highest BCUT2D eigenvalue weighted by molar-refractivity contribution is 7.80. The molecule has 0 bridgehead atoms. The monoisotopic (exact) mass is 276 g/mol. The Bertz CT molecular complexity index is 584. The van der Waals surface area contributed by atoms with E-state index in [9.17, 15) is 14.0 Å². The van der Waals surface area contributed by atoms with Gasteiger partial charge in [-0.3, -0.25) is 20.2 Å². The van der Waals surface area contributed by atoms with Gasteiger partial charge < -0.3 is 0 Å². The summed E-state index contributed by atoms with van der Waals surface area (Å²) in [4.78, 5) is 23.0. The van der Waals surface area contributed by atoms with Crippen LogP contribution in [0.25, 0.3) is 6.08 Å². The average molecular weight is 276 g/mol. The Kier molecular flexibility index (Phi) is 3.82. The molecule has 0 aliphatic carbocycles. The molecule has 2 N–H and O–H groups in total. The van der Waals surface area contributed by atoms with Gasteiger partial charge in [-0.2, -0.15) is 0 Å². The van der Waals surface area contributed by atoms with Crippen molar-refractivity contribution in [2.24, 2.45) is 0 Å². The van der Waals surface area contributed by atoms with Crippen LogP contribution in [0.5, 0.6) is 0 Å². The molecule has 1 aliphatic rings. The third kappa shape index (κ3) is 3.32. The minimum Gasteiger partial charge on any atom is -0.299 e. The second-order valence-electron chi connectivity index (χ2n) is 3.73. The lowest BCUT2D eigenvalue weighted by Crippen LogP contribution is -2.51. The van der Waals surface area contributed by atoms with E-state index >= 15 is 0 Å². The molecule has 2 rings (SSSR count). The lowest BCUT2D eigenvalue weighted by atomic mass is 10.1. The van der Waals surface area contributed by atoms with Crippen molar-refractivity contribution in [3.05, 3.63) is 53.4 Å². The summed E-state index contributed by atoms with van der Waals surface area (Å²) in [7, 11) is 0. The first-order chi connectivity index (χ1) is 9.06. The van der Waals surface area contributed by atoms with E-state index < -0.39 is 11.8 Å². The van der Waals surface area contributed by atoms with Gasteiger partial charge in [0, 0.05) is 0 Å². The van der Waals surface area contributed by atoms with Crippen molar-refractivity contribution in [1.82, 2.24) is 10.6 Å². The quantitative estimate of drug-likeness (QED) is 0.486. The van der Waals surface area contributed by atoms with E-state index in [0.717, 1.165) is 5.56 Å². The van der Waals surface area contributed by atoms with E-state index in [1.165, 1.54) is 24.3 Å². The van der Waals surface area contributed by atoms with Gasteiger partial charge in [0.1, 0.15) is 11.4 Å². The smallest absolute Gasteiger partial charge is 0.263 e. The molecular formula is C13H9FN2O2S. The lowest BCUT2D eigenvalue weighted by Gasteiger charge is -2.15. The molecule has 1 fully saturated rings. The van der Waals surface area contributed by atoms with Crippen LogP contribution >= 0.6 is 12.2 Å². The second kappa shape index (κ2) is 5.53. The summed E-state index contributed by atoms with van der Waals surface area (Å²) in [6.07, 6.45) is 4.56. The highest BCUT2D eigenvalue weighted by atomic mass is 32.1. The number of thiocarbonyl (C=S) groups is 1. The number of allylic oxidation sites excluding steroid dienone is 2. The van der Waals surface area contributed by atoms with Crippen molar-refractivity contribution in [3.63, 3.8) is 0 Å². The van der Waals surface area contributed by atoms with Crippen LogP contribution in [0.4, 0.5) is 4.39 Å². The van der Waals surface area contributed by atoms with Gasteiger partial charge in [-0.1, -0.05) is 24.3 Å². The number of halogens is 1. The third-order valence-electron chi connectivity index (χ3n) is 2.36. The first-order valence-electron chi connectivity index (χ1n) is 5.37. The van der Waals surface area contributed by atoms with Crippen LogP contribution in [0.15, 0.2) is 42.0 Å². The molecule has 0 aromatic heterocycles. The fourth-order valence-corrected chi connectivity index (χ4v) is 1.64. The Balaban J connectivity index is 2.13. The molecular weight excluding hydrogens is 267 g/mol. The van der Waals surface area contributed by atoms with Gasteiger partial charge in [0.2, 0.25) is 0 Å². The molecule has 96 valence electrons. The van der Waals surface area contributed by atoms with Gasteiger partial charge in [-0.25, -0.2) is 4.39 Å². The van der Waals surface area contributed by atoms with Crippen molar-refractivity contribution in [1.29, 1.82) is 0 Å². The van der Waals surface area contributed by atoms with Crippen molar-refractivity contribution in [3.8, 4) is 0 Å². The van der Waals surface area contributed by atoms with Crippen molar-refractivity contribution in [2.75, 3.05) is 0 Å². The van der Waals surface area contributed by atoms with Gasteiger partial charge in [-0.15, -0.1) is 0 Å². The summed E-state index contributed by atoms with van der Waals surface area (Å²) in [5.41, 5.74) is 0.720. The van der Waals surface area contributed by atoms with E-state index in [0.29, 0.717) is 0 Å². The first kappa shape index (κ1) is 13.1. The fourth-order valence-electron chi connectivity index (χ4n) is 1.46. The molecule has 0 atom stereocenters. The van der Waals surface area contributed by atoms with Crippen LogP contribution in [-0.4, -0.2) is 16.9 Å². The summed E-state index contributed by atoms with van der Waals surface area (Å²) in [6, 6.07) is 5.82. The number of hydrogen-bond acceptors (Lipinski definition) is 3. The van der Waals surface area contributed by atoms with Crippen molar-refractivity contribution >= 4 is 35.2 Å². The van der Waals surface area contributed by atoms with Gasteiger partial charge in [0.15, 0.2) is 5.11 Å². The summed E-state index contributed by atoms with van der Waals surface area (Å²) < 4.78 is 12.7. The third-order valence-corrected chi connectivity index (χ3v) is 2.57. The summed E-state index contributed by atoms with van der Waals surface area (Å²) in [6.45, 7) is 0. The Morgan fingerprint density at radius 2 is 1.63 bits per heavy atom. The number of amides is 2. The number of carbonyl (C=O) groups excluding carboxylic acids is 2. The number of hydrogen-bond donors (Lipinski definition) is 2. The van der Waals surface area contributed by atoms with Crippen molar-refractivity contribution in [2.45, 2.75) is 0 Å². The molecule has 1 aliphatic heterocycles. The predicted octanol–water partition coefficient (Wildman–Crippen LogP) is 1.30.